The van der Waals surface area contributed by atoms with Crippen LogP contribution in [0.3, 0.4) is 0 Å². The highest BCUT2D eigenvalue weighted by atomic mass is 16.6. The molecule has 0 bridgehead atoms. The lowest BCUT2D eigenvalue weighted by Crippen LogP contribution is -2.41. The van der Waals surface area contributed by atoms with Gasteiger partial charge in [-0.3, -0.25) is 4.68 Å². The van der Waals surface area contributed by atoms with Gasteiger partial charge in [-0.2, -0.15) is 5.10 Å². The Morgan fingerprint density at radius 3 is 2.48 bits per heavy atom. The van der Waals surface area contributed by atoms with Crippen LogP contribution in [0.1, 0.15) is 39.2 Å². The fraction of sp³-hybridized carbons (Fsp3) is 0.385. The van der Waals surface area contributed by atoms with Crippen LogP contribution < -0.4 is 0 Å². The topological polar surface area (TPSA) is 47.4 Å². The summed E-state index contributed by atoms with van der Waals surface area (Å²) < 4.78 is 7.55. The van der Waals surface area contributed by atoms with Gasteiger partial charge < -0.3 is 9.64 Å². The summed E-state index contributed by atoms with van der Waals surface area (Å²) >= 11 is 0. The molecule has 1 saturated heterocycles. The van der Waals surface area contributed by atoms with E-state index in [9.17, 15) is 4.79 Å². The minimum absolute atomic E-state index is 0.111. The molecular formula is C26H31N3O2. The first kappa shape index (κ1) is 21.2. The van der Waals surface area contributed by atoms with Crippen molar-refractivity contribution in [2.45, 2.75) is 58.7 Å². The number of hydrogen-bond donors (Lipinski definition) is 0. The van der Waals surface area contributed by atoms with E-state index in [1.54, 1.807) is 0 Å². The van der Waals surface area contributed by atoms with Gasteiger partial charge in [0.15, 0.2) is 0 Å². The Morgan fingerprint density at radius 2 is 1.77 bits per heavy atom. The summed E-state index contributed by atoms with van der Waals surface area (Å²) in [5.74, 6) is 0. The minimum Gasteiger partial charge on any atom is -0.444 e. The maximum Gasteiger partial charge on any atom is 0.410 e. The molecule has 0 unspecified atom stereocenters. The Labute approximate surface area is 184 Å². The van der Waals surface area contributed by atoms with E-state index in [2.05, 4.69) is 60.7 Å². The molecule has 0 spiro atoms. The van der Waals surface area contributed by atoms with Crippen molar-refractivity contribution in [3.05, 3.63) is 66.5 Å². The van der Waals surface area contributed by atoms with E-state index < -0.39 is 5.60 Å². The molecule has 1 aromatic heterocycles. The standard InChI is InChI=1S/C26H31N3O2/c1-19-23(20-10-6-5-7-11-20)13-8-14-24(19)21-16-27-28(17-21)18-22-12-9-15-29(22)25(30)31-26(2,3)4/h5-8,10-11,13-14,16-17,22H,9,12,15,18H2,1-4H3/t22-/m0/s1. The molecule has 2 heterocycles. The van der Waals surface area contributed by atoms with Gasteiger partial charge in [0, 0.05) is 18.3 Å². The second-order valence-corrected chi connectivity index (χ2v) is 9.26. The van der Waals surface area contributed by atoms with Crippen LogP contribution in [-0.4, -0.2) is 39.0 Å². The number of carbonyl (C=O) groups excluding carboxylic acids is 1. The maximum atomic E-state index is 12.6. The zero-order valence-corrected chi connectivity index (χ0v) is 18.8. The highest BCUT2D eigenvalue weighted by Gasteiger charge is 2.32. The smallest absolute Gasteiger partial charge is 0.410 e. The number of carbonyl (C=O) groups is 1. The molecule has 1 amide bonds. The molecule has 162 valence electrons. The Hall–Kier alpha value is -3.08. The molecule has 1 aliphatic heterocycles. The van der Waals surface area contributed by atoms with Crippen molar-refractivity contribution in [2.24, 2.45) is 0 Å². The minimum atomic E-state index is -0.482. The quantitative estimate of drug-likeness (QED) is 0.529. The third-order valence-electron chi connectivity index (χ3n) is 5.77. The van der Waals surface area contributed by atoms with E-state index in [4.69, 9.17) is 4.74 Å². The second-order valence-electron chi connectivity index (χ2n) is 9.26. The second kappa shape index (κ2) is 8.58. The fourth-order valence-electron chi connectivity index (χ4n) is 4.28. The number of aromatic nitrogens is 2. The Balaban J connectivity index is 1.52. The fourth-order valence-corrected chi connectivity index (χ4v) is 4.28. The lowest BCUT2D eigenvalue weighted by molar-refractivity contribution is 0.0211. The molecule has 3 aromatic rings. The molecular weight excluding hydrogens is 386 g/mol. The lowest BCUT2D eigenvalue weighted by atomic mass is 9.94. The number of likely N-dealkylation sites (tertiary alicyclic amines) is 1. The molecule has 1 atom stereocenters. The molecule has 0 aliphatic carbocycles. The van der Waals surface area contributed by atoms with Crippen molar-refractivity contribution in [3.63, 3.8) is 0 Å². The van der Waals surface area contributed by atoms with Gasteiger partial charge in [0.2, 0.25) is 0 Å². The monoisotopic (exact) mass is 417 g/mol. The first-order valence-corrected chi connectivity index (χ1v) is 11.0. The molecule has 4 rings (SSSR count). The van der Waals surface area contributed by atoms with Crippen molar-refractivity contribution in [1.29, 1.82) is 0 Å². The lowest BCUT2D eigenvalue weighted by Gasteiger charge is -2.28. The first-order valence-electron chi connectivity index (χ1n) is 11.0. The van der Waals surface area contributed by atoms with E-state index in [0.29, 0.717) is 6.54 Å². The highest BCUT2D eigenvalue weighted by Crippen LogP contribution is 2.31. The van der Waals surface area contributed by atoms with E-state index in [0.717, 1.165) is 24.9 Å². The number of hydrogen-bond acceptors (Lipinski definition) is 3. The van der Waals surface area contributed by atoms with Crippen LogP contribution in [0.2, 0.25) is 0 Å². The number of amides is 1. The van der Waals surface area contributed by atoms with Gasteiger partial charge in [0.25, 0.3) is 0 Å². The Morgan fingerprint density at radius 1 is 1.06 bits per heavy atom. The zero-order chi connectivity index (χ0) is 22.0. The number of rotatable bonds is 4. The summed E-state index contributed by atoms with van der Waals surface area (Å²) in [7, 11) is 0. The van der Waals surface area contributed by atoms with Crippen molar-refractivity contribution < 1.29 is 9.53 Å². The summed E-state index contributed by atoms with van der Waals surface area (Å²) in [6.07, 6.45) is 5.74. The predicted molar refractivity (Wildman–Crippen MR) is 124 cm³/mol. The predicted octanol–water partition coefficient (Wildman–Crippen LogP) is 5.93. The zero-order valence-electron chi connectivity index (χ0n) is 18.8. The number of nitrogens with zero attached hydrogens (tertiary/aromatic N) is 3. The number of ether oxygens (including phenoxy) is 1. The summed E-state index contributed by atoms with van der Waals surface area (Å²) in [6, 6.07) is 17.0. The molecule has 0 radical (unpaired) electrons. The summed E-state index contributed by atoms with van der Waals surface area (Å²) in [4.78, 5) is 14.4. The average Bonchev–Trinajstić information content (AvgIpc) is 3.38. The van der Waals surface area contributed by atoms with Crippen LogP contribution in [0.25, 0.3) is 22.3 Å². The molecule has 0 N–H and O–H groups in total. The van der Waals surface area contributed by atoms with Crippen molar-refractivity contribution in [2.75, 3.05) is 6.54 Å². The van der Waals surface area contributed by atoms with Crippen LogP contribution in [0.15, 0.2) is 60.9 Å². The van der Waals surface area contributed by atoms with E-state index in [-0.39, 0.29) is 12.1 Å². The molecule has 1 fully saturated rings. The van der Waals surface area contributed by atoms with Gasteiger partial charge in [0.05, 0.1) is 18.8 Å². The third-order valence-corrected chi connectivity index (χ3v) is 5.77. The van der Waals surface area contributed by atoms with Gasteiger partial charge in [-0.1, -0.05) is 48.5 Å². The van der Waals surface area contributed by atoms with Gasteiger partial charge in [-0.25, -0.2) is 4.79 Å². The third kappa shape index (κ3) is 4.82. The van der Waals surface area contributed by atoms with Crippen LogP contribution in [0, 0.1) is 6.92 Å². The van der Waals surface area contributed by atoms with Crippen LogP contribution >= 0.6 is 0 Å². The van der Waals surface area contributed by atoms with Gasteiger partial charge in [0.1, 0.15) is 5.60 Å². The largest absolute Gasteiger partial charge is 0.444 e. The van der Waals surface area contributed by atoms with Gasteiger partial charge in [-0.15, -0.1) is 0 Å². The van der Waals surface area contributed by atoms with Crippen LogP contribution in [-0.2, 0) is 11.3 Å². The van der Waals surface area contributed by atoms with Crippen molar-refractivity contribution in [3.8, 4) is 22.3 Å². The van der Waals surface area contributed by atoms with Crippen LogP contribution in [0.4, 0.5) is 4.79 Å². The van der Waals surface area contributed by atoms with E-state index >= 15 is 0 Å². The Bertz CT molecular complexity index is 1050. The number of benzene rings is 2. The Kier molecular flexibility index (Phi) is 5.86. The molecule has 1 aliphatic rings. The summed E-state index contributed by atoms with van der Waals surface area (Å²) in [5.41, 5.74) is 5.49. The van der Waals surface area contributed by atoms with Crippen LogP contribution in [0.5, 0.6) is 0 Å². The van der Waals surface area contributed by atoms with E-state index in [1.165, 1.54) is 22.3 Å². The summed E-state index contributed by atoms with van der Waals surface area (Å²) in [5, 5.41) is 4.61. The maximum absolute atomic E-state index is 12.6. The molecule has 31 heavy (non-hydrogen) atoms. The van der Waals surface area contributed by atoms with Crippen molar-refractivity contribution in [1.82, 2.24) is 14.7 Å². The molecule has 5 heteroatoms. The average molecular weight is 418 g/mol. The first-order chi connectivity index (χ1) is 14.8. The van der Waals surface area contributed by atoms with E-state index in [1.807, 2.05) is 42.6 Å². The summed E-state index contributed by atoms with van der Waals surface area (Å²) in [6.45, 7) is 9.30. The molecule has 2 aromatic carbocycles. The van der Waals surface area contributed by atoms with Gasteiger partial charge in [-0.05, 0) is 62.8 Å². The normalized spacial score (nSPS) is 16.5. The van der Waals surface area contributed by atoms with Crippen molar-refractivity contribution >= 4 is 6.09 Å². The SMILES string of the molecule is Cc1c(-c2ccccc2)cccc1-c1cnn(C[C@@H]2CCCN2C(=O)OC(C)(C)C)c1. The molecule has 0 saturated carbocycles. The molecule has 5 nitrogen and oxygen atoms in total. The highest BCUT2D eigenvalue weighted by molar-refractivity contribution is 5.77. The van der Waals surface area contributed by atoms with Gasteiger partial charge >= 0.3 is 6.09 Å².